The van der Waals surface area contributed by atoms with E-state index in [0.29, 0.717) is 11.8 Å². The topological polar surface area (TPSA) is 49.8 Å². The van der Waals surface area contributed by atoms with Crippen LogP contribution < -0.4 is 0 Å². The Labute approximate surface area is 108 Å². The van der Waals surface area contributed by atoms with Gasteiger partial charge in [-0.1, -0.05) is 25.3 Å². The Morgan fingerprint density at radius 3 is 2.44 bits per heavy atom. The molecule has 0 unspecified atom stereocenters. The van der Waals surface area contributed by atoms with E-state index in [1.807, 2.05) is 17.9 Å². The summed E-state index contributed by atoms with van der Waals surface area (Å²) in [6, 6.07) is 0.317. The first-order chi connectivity index (χ1) is 8.54. The van der Waals surface area contributed by atoms with Crippen molar-refractivity contribution in [1.29, 1.82) is 0 Å². The van der Waals surface area contributed by atoms with Gasteiger partial charge in [0.2, 0.25) is 0 Å². The van der Waals surface area contributed by atoms with Gasteiger partial charge in [-0.15, -0.1) is 0 Å². The molecule has 0 aliphatic heterocycles. The highest BCUT2D eigenvalue weighted by Crippen LogP contribution is 2.33. The minimum Gasteiger partial charge on any atom is -0.495 e. The number of carboxylic acid groups (broad SMARTS) is 1. The first kappa shape index (κ1) is 14.1. The summed E-state index contributed by atoms with van der Waals surface area (Å²) in [5.41, 5.74) is 0.950. The van der Waals surface area contributed by atoms with Crippen LogP contribution in [0.4, 0.5) is 0 Å². The van der Waals surface area contributed by atoms with Crippen LogP contribution in [0.5, 0.6) is 0 Å². The average molecular weight is 249 g/mol. The van der Waals surface area contributed by atoms with E-state index >= 15 is 0 Å². The predicted octanol–water partition coefficient (Wildman–Crippen LogP) is 2.67. The van der Waals surface area contributed by atoms with Crippen LogP contribution in [0, 0.1) is 0 Å². The number of carbonyl (C=O) groups is 1. The Balaban J connectivity index is 3.06. The monoisotopic (exact) mass is 249 g/mol. The van der Waals surface area contributed by atoms with Gasteiger partial charge in [0.1, 0.15) is 5.76 Å². The third-order valence-electron chi connectivity index (χ3n) is 2.77. The van der Waals surface area contributed by atoms with E-state index in [1.54, 1.807) is 13.3 Å². The van der Waals surface area contributed by atoms with Crippen LogP contribution in [0.1, 0.15) is 19.8 Å². The fourth-order valence-electron chi connectivity index (χ4n) is 1.63. The smallest absolute Gasteiger partial charge is 0.337 e. The van der Waals surface area contributed by atoms with Gasteiger partial charge in [0.05, 0.1) is 18.4 Å². The molecular weight excluding hydrogens is 230 g/mol. The summed E-state index contributed by atoms with van der Waals surface area (Å²) in [5.74, 6) is -0.469. The minimum absolute atomic E-state index is 0.158. The second-order valence-corrected chi connectivity index (χ2v) is 4.03. The second-order valence-electron chi connectivity index (χ2n) is 4.03. The van der Waals surface area contributed by atoms with E-state index in [0.717, 1.165) is 18.5 Å². The van der Waals surface area contributed by atoms with Gasteiger partial charge < -0.3 is 14.7 Å². The fraction of sp³-hybridized carbons (Fsp3) is 0.357. The van der Waals surface area contributed by atoms with E-state index in [2.05, 4.69) is 13.2 Å². The molecule has 1 N–H and O–H groups in total. The number of hydrogen-bond donors (Lipinski definition) is 1. The molecule has 0 amide bonds. The molecule has 18 heavy (non-hydrogen) atoms. The van der Waals surface area contributed by atoms with Gasteiger partial charge >= 0.3 is 5.97 Å². The molecule has 0 spiro atoms. The average Bonchev–Trinajstić information content (AvgIpc) is 3.17. The van der Waals surface area contributed by atoms with Crippen molar-refractivity contribution in [2.75, 3.05) is 7.11 Å². The van der Waals surface area contributed by atoms with E-state index in [4.69, 9.17) is 9.84 Å². The van der Waals surface area contributed by atoms with E-state index in [9.17, 15) is 4.79 Å². The molecule has 1 fully saturated rings. The zero-order valence-corrected chi connectivity index (χ0v) is 10.8. The van der Waals surface area contributed by atoms with Gasteiger partial charge in [-0.05, 0) is 19.8 Å². The second kappa shape index (κ2) is 6.10. The van der Waals surface area contributed by atoms with Crippen LogP contribution >= 0.6 is 0 Å². The predicted molar refractivity (Wildman–Crippen MR) is 70.7 cm³/mol. The lowest BCUT2D eigenvalue weighted by Crippen LogP contribution is -2.22. The highest BCUT2D eigenvalue weighted by Gasteiger charge is 2.31. The van der Waals surface area contributed by atoms with E-state index in [1.165, 1.54) is 6.08 Å². The van der Waals surface area contributed by atoms with Crippen molar-refractivity contribution in [2.24, 2.45) is 0 Å². The molecule has 98 valence electrons. The summed E-state index contributed by atoms with van der Waals surface area (Å²) in [5, 5.41) is 9.04. The van der Waals surface area contributed by atoms with Crippen LogP contribution in [-0.4, -0.2) is 29.1 Å². The molecule has 4 heteroatoms. The largest absolute Gasteiger partial charge is 0.495 e. The molecule has 0 radical (unpaired) electrons. The van der Waals surface area contributed by atoms with Crippen LogP contribution in [0.15, 0.2) is 48.5 Å². The lowest BCUT2D eigenvalue weighted by Gasteiger charge is -2.24. The molecule has 1 aliphatic rings. The molecule has 0 aromatic heterocycles. The summed E-state index contributed by atoms with van der Waals surface area (Å²) in [7, 11) is 1.55. The molecule has 4 nitrogen and oxygen atoms in total. The third-order valence-corrected chi connectivity index (χ3v) is 2.77. The molecule has 0 atom stereocenters. The lowest BCUT2D eigenvalue weighted by molar-refractivity contribution is -0.132. The number of rotatable bonds is 7. The van der Waals surface area contributed by atoms with Gasteiger partial charge in [0.25, 0.3) is 0 Å². The quantitative estimate of drug-likeness (QED) is 0.428. The lowest BCUT2D eigenvalue weighted by atomic mass is 10.2. The van der Waals surface area contributed by atoms with Gasteiger partial charge in [0, 0.05) is 12.2 Å². The molecular formula is C14H19NO3. The van der Waals surface area contributed by atoms with E-state index in [-0.39, 0.29) is 5.57 Å². The van der Waals surface area contributed by atoms with Crippen molar-refractivity contribution in [1.82, 2.24) is 4.90 Å². The Kier molecular flexibility index (Phi) is 4.77. The molecule has 1 aliphatic carbocycles. The maximum atomic E-state index is 11.0. The van der Waals surface area contributed by atoms with Crippen LogP contribution in [-0.2, 0) is 9.53 Å². The number of allylic oxidation sites excluding steroid dienone is 1. The Morgan fingerprint density at radius 1 is 1.50 bits per heavy atom. The molecule has 0 heterocycles. The zero-order valence-electron chi connectivity index (χ0n) is 10.8. The summed E-state index contributed by atoms with van der Waals surface area (Å²) in [6.45, 7) is 9.21. The third kappa shape index (κ3) is 3.26. The summed E-state index contributed by atoms with van der Waals surface area (Å²) in [4.78, 5) is 12.9. The summed E-state index contributed by atoms with van der Waals surface area (Å²) >= 11 is 0. The standard InChI is InChI=1S/C14H19NO3/c1-5-11(14(16)17)9-15(12-7-8-12)13(6-2)10(3)18-4/h5-6,9,12H,1,3,7-8H2,2,4H3,(H,16,17)/b11-9+,13-6-. The summed E-state index contributed by atoms with van der Waals surface area (Å²) < 4.78 is 5.13. The molecule has 0 aromatic rings. The molecule has 0 aromatic carbocycles. The Bertz CT molecular complexity index is 417. The zero-order chi connectivity index (χ0) is 13.7. The van der Waals surface area contributed by atoms with Gasteiger partial charge in [0.15, 0.2) is 0 Å². The van der Waals surface area contributed by atoms with Crippen molar-refractivity contribution < 1.29 is 14.6 Å². The normalized spacial score (nSPS) is 16.1. The van der Waals surface area contributed by atoms with Gasteiger partial charge in [-0.25, -0.2) is 4.79 Å². The highest BCUT2D eigenvalue weighted by molar-refractivity contribution is 5.89. The number of methoxy groups -OCH3 is 1. The van der Waals surface area contributed by atoms with Crippen LogP contribution in [0.25, 0.3) is 0 Å². The summed E-state index contributed by atoms with van der Waals surface area (Å²) in [6.07, 6.45) is 6.86. The van der Waals surface area contributed by atoms with Crippen molar-refractivity contribution in [3.8, 4) is 0 Å². The number of carboxylic acids is 1. The first-order valence-corrected chi connectivity index (χ1v) is 5.80. The number of hydrogen-bond acceptors (Lipinski definition) is 3. The Morgan fingerprint density at radius 2 is 2.11 bits per heavy atom. The number of nitrogens with zero attached hydrogens (tertiary/aromatic N) is 1. The molecule has 1 rings (SSSR count). The van der Waals surface area contributed by atoms with E-state index < -0.39 is 5.97 Å². The maximum Gasteiger partial charge on any atom is 0.337 e. The van der Waals surface area contributed by atoms with Crippen molar-refractivity contribution in [3.63, 3.8) is 0 Å². The number of aliphatic carboxylic acids is 1. The fourth-order valence-corrected chi connectivity index (χ4v) is 1.63. The number of ether oxygens (including phenoxy) is 1. The molecule has 0 saturated heterocycles. The maximum absolute atomic E-state index is 11.0. The van der Waals surface area contributed by atoms with Crippen molar-refractivity contribution in [3.05, 3.63) is 48.5 Å². The van der Waals surface area contributed by atoms with Crippen molar-refractivity contribution in [2.45, 2.75) is 25.8 Å². The van der Waals surface area contributed by atoms with Crippen LogP contribution in [0.3, 0.4) is 0 Å². The van der Waals surface area contributed by atoms with Crippen molar-refractivity contribution >= 4 is 5.97 Å². The minimum atomic E-state index is -0.992. The highest BCUT2D eigenvalue weighted by atomic mass is 16.5. The van der Waals surface area contributed by atoms with Gasteiger partial charge in [-0.2, -0.15) is 0 Å². The SMILES string of the molecule is C=C/C(=C\N(/C(=C\C)C(=C)OC)C1CC1)C(=O)O. The Hall–Kier alpha value is -1.97. The molecule has 1 saturated carbocycles. The van der Waals surface area contributed by atoms with Crippen LogP contribution in [0.2, 0.25) is 0 Å². The first-order valence-electron chi connectivity index (χ1n) is 5.80. The van der Waals surface area contributed by atoms with Gasteiger partial charge in [-0.3, -0.25) is 0 Å². The molecule has 0 bridgehead atoms.